The van der Waals surface area contributed by atoms with Gasteiger partial charge in [0, 0.05) is 32.8 Å². The van der Waals surface area contributed by atoms with E-state index in [2.05, 4.69) is 65.1 Å². The van der Waals surface area contributed by atoms with Gasteiger partial charge in [-0.05, 0) is 101 Å². The molecule has 1 amide bonds. The number of hydrogen-bond acceptors (Lipinski definition) is 6. The van der Waals surface area contributed by atoms with E-state index in [1.165, 1.54) is 0 Å². The summed E-state index contributed by atoms with van der Waals surface area (Å²) in [6, 6.07) is 32.3. The van der Waals surface area contributed by atoms with Crippen molar-refractivity contribution >= 4 is 28.4 Å². The van der Waals surface area contributed by atoms with Gasteiger partial charge in [-0.1, -0.05) is 103 Å². The number of methoxy groups -OCH3 is 1. The molecule has 5 rings (SSSR count). The van der Waals surface area contributed by atoms with Gasteiger partial charge in [0.25, 0.3) is 5.91 Å². The normalized spacial score (nSPS) is 11.8. The van der Waals surface area contributed by atoms with Crippen LogP contribution in [0.15, 0.2) is 94.7 Å². The third-order valence-electron chi connectivity index (χ3n) is 9.52. The zero-order valence-corrected chi connectivity index (χ0v) is 32.7. The van der Waals surface area contributed by atoms with E-state index in [-0.39, 0.29) is 22.8 Å². The van der Waals surface area contributed by atoms with Gasteiger partial charge in [0.15, 0.2) is 0 Å². The minimum Gasteiger partial charge on any atom is -0.497 e. The number of carbonyl (C=O) groups excluding carboxylic acids is 1. The minimum absolute atomic E-state index is 0.103. The van der Waals surface area contributed by atoms with Gasteiger partial charge in [0.2, 0.25) is 0 Å². The van der Waals surface area contributed by atoms with Gasteiger partial charge in [0.1, 0.15) is 29.4 Å². The molecule has 0 spiro atoms. The highest BCUT2D eigenvalue weighted by molar-refractivity contribution is 7.99. The highest BCUT2D eigenvalue weighted by Crippen LogP contribution is 2.45. The van der Waals surface area contributed by atoms with Crippen molar-refractivity contribution in [3.05, 3.63) is 113 Å². The highest BCUT2D eigenvalue weighted by Gasteiger charge is 2.24. The lowest BCUT2D eigenvalue weighted by atomic mass is 9.83. The molecule has 0 saturated carbocycles. The number of carbonyl (C=O) groups is 1. The Hall–Kier alpha value is -5.24. The fourth-order valence-electron chi connectivity index (χ4n) is 6.64. The monoisotopic (exact) mass is 723 g/mol. The van der Waals surface area contributed by atoms with E-state index >= 15 is 0 Å². The van der Waals surface area contributed by atoms with Gasteiger partial charge in [-0.3, -0.25) is 4.79 Å². The molecule has 1 N–H and O–H groups in total. The first-order valence-electron chi connectivity index (χ1n) is 18.5. The summed E-state index contributed by atoms with van der Waals surface area (Å²) in [5, 5.41) is 25.6. The van der Waals surface area contributed by atoms with E-state index < -0.39 is 0 Å². The summed E-state index contributed by atoms with van der Waals surface area (Å²) in [6.07, 6.45) is 5.04. The van der Waals surface area contributed by atoms with E-state index in [0.717, 1.165) is 75.1 Å². The summed E-state index contributed by atoms with van der Waals surface area (Å²) in [6.45, 7) is 13.5. The van der Waals surface area contributed by atoms with Crippen LogP contribution in [0.5, 0.6) is 17.2 Å². The topological polar surface area (TPSA) is 95.1 Å². The van der Waals surface area contributed by atoms with Crippen LogP contribution in [0.4, 0.5) is 0 Å². The summed E-state index contributed by atoms with van der Waals surface area (Å²) < 4.78 is 12.3. The lowest BCUT2D eigenvalue weighted by Crippen LogP contribution is -2.26. The van der Waals surface area contributed by atoms with Crippen molar-refractivity contribution in [2.45, 2.75) is 94.8 Å². The second-order valence-electron chi connectivity index (χ2n) is 14.5. The zero-order chi connectivity index (χ0) is 38.1. The molecule has 1 unspecified atom stereocenters. The SMILES string of the molecule is CCCCCNC(=O)c1cc(Oc2cc(C(C)(C)C)cc3cc(C#N)c(C#N)c(-c4cccc(Sc5cccc(OC)c5)c4)c23)ccc1C(C)CCC. The summed E-state index contributed by atoms with van der Waals surface area (Å²) in [4.78, 5) is 15.7. The van der Waals surface area contributed by atoms with Crippen molar-refractivity contribution in [2.75, 3.05) is 13.7 Å². The maximum atomic E-state index is 13.7. The van der Waals surface area contributed by atoms with Gasteiger partial charge in [-0.15, -0.1) is 0 Å². The summed E-state index contributed by atoms with van der Waals surface area (Å²) in [5.74, 6) is 1.95. The number of rotatable bonds is 14. The van der Waals surface area contributed by atoms with Crippen LogP contribution in [0.25, 0.3) is 21.9 Å². The Morgan fingerprint density at radius 2 is 1.62 bits per heavy atom. The fourth-order valence-corrected chi connectivity index (χ4v) is 7.57. The number of nitriles is 2. The van der Waals surface area contributed by atoms with E-state index in [4.69, 9.17) is 9.47 Å². The molecule has 0 fully saturated rings. The molecule has 5 aromatic rings. The number of benzene rings is 5. The largest absolute Gasteiger partial charge is 0.497 e. The number of unbranched alkanes of at least 4 members (excludes halogenated alkanes) is 2. The van der Waals surface area contributed by atoms with Gasteiger partial charge < -0.3 is 14.8 Å². The average Bonchev–Trinajstić information content (AvgIpc) is 3.15. The first kappa shape index (κ1) is 39.0. The lowest BCUT2D eigenvalue weighted by Gasteiger charge is -2.24. The lowest BCUT2D eigenvalue weighted by molar-refractivity contribution is 0.0951. The van der Waals surface area contributed by atoms with Crippen LogP contribution in [-0.2, 0) is 5.41 Å². The first-order chi connectivity index (χ1) is 25.5. The molecule has 1 atom stereocenters. The van der Waals surface area contributed by atoms with Gasteiger partial charge in [0.05, 0.1) is 18.2 Å². The number of amides is 1. The molecule has 0 radical (unpaired) electrons. The Kier molecular flexibility index (Phi) is 12.9. The van der Waals surface area contributed by atoms with Crippen LogP contribution < -0.4 is 14.8 Å². The van der Waals surface area contributed by atoms with E-state index in [0.29, 0.717) is 34.7 Å². The van der Waals surface area contributed by atoms with Crippen molar-refractivity contribution in [3.8, 4) is 40.5 Å². The second kappa shape index (κ2) is 17.5. The molecular formula is C46H49N3O3S. The van der Waals surface area contributed by atoms with Gasteiger partial charge >= 0.3 is 0 Å². The van der Waals surface area contributed by atoms with Crippen LogP contribution in [-0.4, -0.2) is 19.6 Å². The molecule has 0 saturated heterocycles. The van der Waals surface area contributed by atoms with Crippen molar-refractivity contribution < 1.29 is 14.3 Å². The van der Waals surface area contributed by atoms with Crippen molar-refractivity contribution in [2.24, 2.45) is 0 Å². The maximum Gasteiger partial charge on any atom is 0.251 e. The van der Waals surface area contributed by atoms with Crippen LogP contribution in [0, 0.1) is 22.7 Å². The summed E-state index contributed by atoms with van der Waals surface area (Å²) in [7, 11) is 1.65. The van der Waals surface area contributed by atoms with E-state index in [1.54, 1.807) is 24.9 Å². The summed E-state index contributed by atoms with van der Waals surface area (Å²) in [5.41, 5.74) is 4.39. The maximum absolute atomic E-state index is 13.7. The summed E-state index contributed by atoms with van der Waals surface area (Å²) >= 11 is 1.59. The number of nitrogens with zero attached hydrogens (tertiary/aromatic N) is 2. The molecule has 53 heavy (non-hydrogen) atoms. The average molecular weight is 724 g/mol. The van der Waals surface area contributed by atoms with Gasteiger partial charge in [-0.2, -0.15) is 10.5 Å². The van der Waals surface area contributed by atoms with Crippen LogP contribution in [0.2, 0.25) is 0 Å². The third-order valence-corrected chi connectivity index (χ3v) is 10.5. The molecule has 7 heteroatoms. The molecular weight excluding hydrogens is 675 g/mol. The molecule has 0 aliphatic rings. The second-order valence-corrected chi connectivity index (χ2v) is 15.7. The number of fused-ring (bicyclic) bond motifs is 1. The molecule has 0 aliphatic heterocycles. The van der Waals surface area contributed by atoms with E-state index in [9.17, 15) is 15.3 Å². The van der Waals surface area contributed by atoms with Gasteiger partial charge in [-0.25, -0.2) is 0 Å². The minimum atomic E-state index is -0.247. The predicted molar refractivity (Wildman–Crippen MR) is 216 cm³/mol. The Balaban J connectivity index is 1.71. The number of hydrogen-bond donors (Lipinski definition) is 1. The smallest absolute Gasteiger partial charge is 0.251 e. The molecule has 0 heterocycles. The highest BCUT2D eigenvalue weighted by atomic mass is 32.2. The number of nitrogens with one attached hydrogen (secondary N) is 1. The molecule has 0 aliphatic carbocycles. The Labute approximate surface area is 319 Å². The molecule has 0 aromatic heterocycles. The van der Waals surface area contributed by atoms with Crippen molar-refractivity contribution in [1.82, 2.24) is 5.32 Å². The quantitative estimate of drug-likeness (QED) is 0.115. The standard InChI is InChI=1S/C46H49N3O3S/c1-8-10-11-21-49-45(50)40-27-36(19-20-39(40)30(3)14-9-2)52-42-25-34(46(4,5)6)23-32-22-33(28-47)41(29-48)43(44(32)42)31-15-12-17-37(24-31)53-38-18-13-16-35(26-38)51-7/h12-13,15-20,22-27,30H,8-11,14,21H2,1-7H3,(H,49,50). The zero-order valence-electron chi connectivity index (χ0n) is 31.9. The first-order valence-corrected chi connectivity index (χ1v) is 19.3. The third kappa shape index (κ3) is 9.23. The van der Waals surface area contributed by atoms with Crippen LogP contribution in [0.3, 0.4) is 0 Å². The molecule has 5 aromatic carbocycles. The fraction of sp³-hybridized carbons (Fsp3) is 0.326. The van der Waals surface area contributed by atoms with Crippen LogP contribution in [0.1, 0.15) is 112 Å². The Morgan fingerprint density at radius 3 is 2.30 bits per heavy atom. The van der Waals surface area contributed by atoms with Crippen molar-refractivity contribution in [1.29, 1.82) is 10.5 Å². The van der Waals surface area contributed by atoms with Crippen molar-refractivity contribution in [3.63, 3.8) is 0 Å². The Morgan fingerprint density at radius 1 is 0.868 bits per heavy atom. The van der Waals surface area contributed by atoms with E-state index in [1.807, 2.05) is 72.8 Å². The molecule has 272 valence electrons. The predicted octanol–water partition coefficient (Wildman–Crippen LogP) is 12.3. The van der Waals surface area contributed by atoms with Crippen LogP contribution >= 0.6 is 11.8 Å². The Bertz CT molecular complexity index is 2190. The number of ether oxygens (including phenoxy) is 2. The molecule has 0 bridgehead atoms. The molecule has 6 nitrogen and oxygen atoms in total.